The van der Waals surface area contributed by atoms with E-state index in [1.54, 1.807) is 16.8 Å². The third-order valence-corrected chi connectivity index (χ3v) is 3.53. The number of fused-ring (bicyclic) bond motifs is 1. The molecule has 0 saturated heterocycles. The first-order valence-electron chi connectivity index (χ1n) is 6.06. The standard InChI is InChI=1S/C13H12ClN3O2/c14-10-3-1-2-8(6-10)12-15-11-5-4-9(13(18)19)7-17(11)16-12/h1-3,6,9H,4-5,7H2,(H,18,19). The predicted octanol–water partition coefficient (Wildman–Crippen LogP) is 2.25. The van der Waals surface area contributed by atoms with Crippen molar-refractivity contribution in [1.29, 1.82) is 0 Å². The lowest BCUT2D eigenvalue weighted by Crippen LogP contribution is -2.27. The number of carbonyl (C=O) groups is 1. The molecule has 1 N–H and O–H groups in total. The van der Waals surface area contributed by atoms with Gasteiger partial charge in [0.05, 0.1) is 12.5 Å². The van der Waals surface area contributed by atoms with Crippen LogP contribution in [0.2, 0.25) is 5.02 Å². The van der Waals surface area contributed by atoms with E-state index in [-0.39, 0.29) is 5.92 Å². The fourth-order valence-electron chi connectivity index (χ4n) is 2.26. The number of nitrogens with zero attached hydrogens (tertiary/aromatic N) is 3. The number of hydrogen-bond acceptors (Lipinski definition) is 3. The van der Waals surface area contributed by atoms with Crippen LogP contribution < -0.4 is 0 Å². The molecule has 1 aliphatic rings. The molecule has 0 bridgehead atoms. The van der Waals surface area contributed by atoms with Crippen LogP contribution in [-0.4, -0.2) is 25.8 Å². The maximum atomic E-state index is 11.0. The lowest BCUT2D eigenvalue weighted by atomic mass is 10.0. The molecule has 0 radical (unpaired) electrons. The van der Waals surface area contributed by atoms with E-state index in [1.165, 1.54) is 0 Å². The Bertz CT molecular complexity index is 639. The minimum Gasteiger partial charge on any atom is -0.481 e. The van der Waals surface area contributed by atoms with E-state index in [9.17, 15) is 4.79 Å². The zero-order chi connectivity index (χ0) is 13.4. The second-order valence-electron chi connectivity index (χ2n) is 4.62. The van der Waals surface area contributed by atoms with Crippen LogP contribution in [-0.2, 0) is 17.8 Å². The van der Waals surface area contributed by atoms with E-state index in [2.05, 4.69) is 10.1 Å². The van der Waals surface area contributed by atoms with Crippen molar-refractivity contribution in [2.75, 3.05) is 0 Å². The highest BCUT2D eigenvalue weighted by Crippen LogP contribution is 2.24. The summed E-state index contributed by atoms with van der Waals surface area (Å²) in [4.78, 5) is 15.5. The largest absolute Gasteiger partial charge is 0.481 e. The van der Waals surface area contributed by atoms with Crippen molar-refractivity contribution in [2.24, 2.45) is 5.92 Å². The minimum absolute atomic E-state index is 0.374. The maximum Gasteiger partial charge on any atom is 0.308 e. The van der Waals surface area contributed by atoms with Crippen molar-refractivity contribution in [3.8, 4) is 11.4 Å². The van der Waals surface area contributed by atoms with E-state index in [0.29, 0.717) is 30.2 Å². The van der Waals surface area contributed by atoms with Crippen LogP contribution in [0.1, 0.15) is 12.2 Å². The Balaban J connectivity index is 1.93. The summed E-state index contributed by atoms with van der Waals surface area (Å²) in [6.07, 6.45) is 1.26. The van der Waals surface area contributed by atoms with Gasteiger partial charge in [0, 0.05) is 17.0 Å². The molecule has 19 heavy (non-hydrogen) atoms. The Hall–Kier alpha value is -1.88. The average molecular weight is 278 g/mol. The molecule has 0 amide bonds. The SMILES string of the molecule is O=C(O)C1CCc2nc(-c3cccc(Cl)c3)nn2C1. The van der Waals surface area contributed by atoms with Gasteiger partial charge in [0.25, 0.3) is 0 Å². The Labute approximate surface area is 114 Å². The molecule has 1 aliphatic heterocycles. The van der Waals surface area contributed by atoms with Crippen molar-refractivity contribution in [3.05, 3.63) is 35.1 Å². The fourth-order valence-corrected chi connectivity index (χ4v) is 2.45. The average Bonchev–Trinajstić information content (AvgIpc) is 2.81. The number of rotatable bonds is 2. The number of halogens is 1. The van der Waals surface area contributed by atoms with Crippen LogP contribution in [0.15, 0.2) is 24.3 Å². The monoisotopic (exact) mass is 277 g/mol. The van der Waals surface area contributed by atoms with Crippen LogP contribution in [0, 0.1) is 5.92 Å². The number of aryl methyl sites for hydroxylation is 1. The quantitative estimate of drug-likeness (QED) is 0.914. The van der Waals surface area contributed by atoms with Crippen molar-refractivity contribution in [1.82, 2.24) is 14.8 Å². The van der Waals surface area contributed by atoms with Crippen LogP contribution in [0.25, 0.3) is 11.4 Å². The van der Waals surface area contributed by atoms with Crippen molar-refractivity contribution >= 4 is 17.6 Å². The minimum atomic E-state index is -0.773. The molecule has 5 nitrogen and oxygen atoms in total. The van der Waals surface area contributed by atoms with Gasteiger partial charge in [-0.15, -0.1) is 0 Å². The molecule has 2 aromatic rings. The molecular weight excluding hydrogens is 266 g/mol. The van der Waals surface area contributed by atoms with Gasteiger partial charge >= 0.3 is 5.97 Å². The summed E-state index contributed by atoms with van der Waals surface area (Å²) in [5, 5.41) is 14.1. The smallest absolute Gasteiger partial charge is 0.308 e. The second-order valence-corrected chi connectivity index (χ2v) is 5.05. The highest BCUT2D eigenvalue weighted by molar-refractivity contribution is 6.30. The third kappa shape index (κ3) is 2.33. The number of carboxylic acids is 1. The summed E-state index contributed by atoms with van der Waals surface area (Å²) in [5.74, 6) is 0.294. The number of benzene rings is 1. The first-order chi connectivity index (χ1) is 9.13. The van der Waals surface area contributed by atoms with Gasteiger partial charge in [-0.25, -0.2) is 9.67 Å². The second kappa shape index (κ2) is 4.66. The van der Waals surface area contributed by atoms with Gasteiger partial charge in [0.15, 0.2) is 5.82 Å². The van der Waals surface area contributed by atoms with Gasteiger partial charge in [-0.2, -0.15) is 5.10 Å². The molecule has 0 spiro atoms. The van der Waals surface area contributed by atoms with E-state index >= 15 is 0 Å². The zero-order valence-corrected chi connectivity index (χ0v) is 10.8. The lowest BCUT2D eigenvalue weighted by Gasteiger charge is -2.18. The Kier molecular flexibility index (Phi) is 2.98. The van der Waals surface area contributed by atoms with Gasteiger partial charge in [0.2, 0.25) is 0 Å². The lowest BCUT2D eigenvalue weighted by molar-refractivity contribution is -0.142. The van der Waals surface area contributed by atoms with E-state index in [4.69, 9.17) is 16.7 Å². The van der Waals surface area contributed by atoms with Gasteiger partial charge < -0.3 is 5.11 Å². The molecule has 98 valence electrons. The summed E-state index contributed by atoms with van der Waals surface area (Å²) >= 11 is 5.95. The summed E-state index contributed by atoms with van der Waals surface area (Å²) in [6, 6.07) is 7.33. The first kappa shape index (κ1) is 12.2. The number of aliphatic carboxylic acids is 1. The summed E-state index contributed by atoms with van der Waals surface area (Å²) in [6.45, 7) is 0.387. The van der Waals surface area contributed by atoms with Crippen molar-refractivity contribution in [3.63, 3.8) is 0 Å². The fraction of sp³-hybridized carbons (Fsp3) is 0.308. The summed E-state index contributed by atoms with van der Waals surface area (Å²) in [7, 11) is 0. The molecule has 0 aliphatic carbocycles. The van der Waals surface area contributed by atoms with Gasteiger partial charge in [0.1, 0.15) is 5.82 Å². The van der Waals surface area contributed by atoms with Crippen LogP contribution in [0.3, 0.4) is 0 Å². The molecule has 3 rings (SSSR count). The van der Waals surface area contributed by atoms with Gasteiger partial charge in [-0.05, 0) is 18.6 Å². The van der Waals surface area contributed by atoms with E-state index in [1.807, 2.05) is 12.1 Å². The van der Waals surface area contributed by atoms with Gasteiger partial charge in [-0.3, -0.25) is 4.79 Å². The van der Waals surface area contributed by atoms with Crippen LogP contribution in [0.4, 0.5) is 0 Å². The highest BCUT2D eigenvalue weighted by Gasteiger charge is 2.26. The number of hydrogen-bond donors (Lipinski definition) is 1. The Morgan fingerprint density at radius 3 is 3.05 bits per heavy atom. The number of aromatic nitrogens is 3. The zero-order valence-electron chi connectivity index (χ0n) is 10.1. The van der Waals surface area contributed by atoms with Crippen LogP contribution >= 0.6 is 11.6 Å². The topological polar surface area (TPSA) is 68.0 Å². The summed E-state index contributed by atoms with van der Waals surface area (Å²) in [5.41, 5.74) is 0.848. The Morgan fingerprint density at radius 1 is 1.47 bits per heavy atom. The Morgan fingerprint density at radius 2 is 2.32 bits per heavy atom. The summed E-state index contributed by atoms with van der Waals surface area (Å²) < 4.78 is 1.69. The molecule has 0 saturated carbocycles. The maximum absolute atomic E-state index is 11.0. The molecule has 1 aromatic carbocycles. The highest BCUT2D eigenvalue weighted by atomic mass is 35.5. The normalized spacial score (nSPS) is 18.1. The van der Waals surface area contributed by atoms with Gasteiger partial charge in [-0.1, -0.05) is 23.7 Å². The number of carboxylic acid groups (broad SMARTS) is 1. The molecule has 0 fully saturated rings. The van der Waals surface area contributed by atoms with Crippen LogP contribution in [0.5, 0.6) is 0 Å². The van der Waals surface area contributed by atoms with Crippen molar-refractivity contribution in [2.45, 2.75) is 19.4 Å². The van der Waals surface area contributed by atoms with E-state index < -0.39 is 5.97 Å². The predicted molar refractivity (Wildman–Crippen MR) is 69.9 cm³/mol. The van der Waals surface area contributed by atoms with Crippen molar-refractivity contribution < 1.29 is 9.90 Å². The molecule has 1 atom stereocenters. The third-order valence-electron chi connectivity index (χ3n) is 3.29. The molecule has 1 aromatic heterocycles. The molecule has 6 heteroatoms. The molecule has 2 heterocycles. The molecular formula is C13H12ClN3O2. The van der Waals surface area contributed by atoms with E-state index in [0.717, 1.165) is 11.4 Å². The first-order valence-corrected chi connectivity index (χ1v) is 6.44. The molecule has 1 unspecified atom stereocenters.